The van der Waals surface area contributed by atoms with Crippen molar-refractivity contribution in [3.05, 3.63) is 106 Å². The minimum absolute atomic E-state index is 0.225. The Balaban J connectivity index is 1.53. The standard InChI is InChI=1S/C28H28N4O3/c1-20-11-13-21(14-12-20)25(19-31-15-17-35-18-16-31)29-27(33)26-23-9-5-6-10-24(23)28(34)32(30-26)22-7-3-2-4-8-22/h2-14,25H,15-19H2,1H3,(H,29,33)/t25-/m0/s1. The summed E-state index contributed by atoms with van der Waals surface area (Å²) in [7, 11) is 0. The maximum atomic E-state index is 13.7. The number of para-hydroxylation sites is 1. The number of hydrogen-bond donors (Lipinski definition) is 1. The third kappa shape index (κ3) is 5.01. The van der Waals surface area contributed by atoms with Gasteiger partial charge in [0.1, 0.15) is 0 Å². The Morgan fingerprint density at radius 2 is 1.60 bits per heavy atom. The molecule has 0 bridgehead atoms. The zero-order valence-corrected chi connectivity index (χ0v) is 19.7. The van der Waals surface area contributed by atoms with Crippen molar-refractivity contribution in [3.63, 3.8) is 0 Å². The van der Waals surface area contributed by atoms with Crippen molar-refractivity contribution in [2.45, 2.75) is 13.0 Å². The summed E-state index contributed by atoms with van der Waals surface area (Å²) in [5, 5.41) is 8.74. The molecule has 1 N–H and O–H groups in total. The fourth-order valence-electron chi connectivity index (χ4n) is 4.40. The topological polar surface area (TPSA) is 76.5 Å². The van der Waals surface area contributed by atoms with Gasteiger partial charge in [-0.1, -0.05) is 66.2 Å². The van der Waals surface area contributed by atoms with E-state index in [1.54, 1.807) is 30.3 Å². The number of amides is 1. The fraction of sp³-hybridized carbons (Fsp3) is 0.250. The molecule has 7 nitrogen and oxygen atoms in total. The van der Waals surface area contributed by atoms with Gasteiger partial charge in [0.2, 0.25) is 0 Å². The zero-order chi connectivity index (χ0) is 24.2. The molecule has 1 aliphatic heterocycles. The molecule has 178 valence electrons. The van der Waals surface area contributed by atoms with Crippen LogP contribution < -0.4 is 10.9 Å². The molecule has 0 aliphatic carbocycles. The van der Waals surface area contributed by atoms with Crippen LogP contribution in [0.15, 0.2) is 83.7 Å². The minimum Gasteiger partial charge on any atom is -0.379 e. The number of ether oxygens (including phenoxy) is 1. The Labute approximate surface area is 204 Å². The van der Waals surface area contributed by atoms with Crippen LogP contribution in [0.5, 0.6) is 0 Å². The summed E-state index contributed by atoms with van der Waals surface area (Å²) in [6.45, 7) is 5.71. The van der Waals surface area contributed by atoms with Crippen LogP contribution in [0.3, 0.4) is 0 Å². The Hall–Kier alpha value is -3.81. The predicted octanol–water partition coefficient (Wildman–Crippen LogP) is 3.50. The minimum atomic E-state index is -0.315. The van der Waals surface area contributed by atoms with Crippen molar-refractivity contribution in [3.8, 4) is 5.69 Å². The second kappa shape index (κ2) is 10.2. The lowest BCUT2D eigenvalue weighted by Crippen LogP contribution is -2.43. The lowest BCUT2D eigenvalue weighted by atomic mass is 10.0. The number of benzene rings is 3. The fourth-order valence-corrected chi connectivity index (χ4v) is 4.40. The number of fused-ring (bicyclic) bond motifs is 1. The molecule has 1 aromatic heterocycles. The first-order valence-electron chi connectivity index (χ1n) is 11.9. The maximum absolute atomic E-state index is 13.7. The summed E-state index contributed by atoms with van der Waals surface area (Å²) in [6, 6.07) is 24.3. The van der Waals surface area contributed by atoms with Crippen LogP contribution in [-0.4, -0.2) is 53.4 Å². The first-order valence-corrected chi connectivity index (χ1v) is 11.9. The van der Waals surface area contributed by atoms with E-state index < -0.39 is 0 Å². The summed E-state index contributed by atoms with van der Waals surface area (Å²) in [5.74, 6) is -0.315. The zero-order valence-electron chi connectivity index (χ0n) is 19.7. The Morgan fingerprint density at radius 3 is 2.31 bits per heavy atom. The molecular weight excluding hydrogens is 440 g/mol. The van der Waals surface area contributed by atoms with Crippen molar-refractivity contribution < 1.29 is 9.53 Å². The molecule has 1 amide bonds. The molecule has 2 heterocycles. The molecule has 4 aromatic rings. The van der Waals surface area contributed by atoms with Gasteiger partial charge in [-0.05, 0) is 30.7 Å². The molecule has 3 aromatic carbocycles. The summed E-state index contributed by atoms with van der Waals surface area (Å²) in [4.78, 5) is 29.2. The van der Waals surface area contributed by atoms with Gasteiger partial charge in [0.15, 0.2) is 5.69 Å². The molecule has 5 rings (SSSR count). The molecule has 1 fully saturated rings. The summed E-state index contributed by atoms with van der Waals surface area (Å²) < 4.78 is 6.80. The molecule has 1 aliphatic rings. The molecule has 1 saturated heterocycles. The first-order chi connectivity index (χ1) is 17.1. The maximum Gasteiger partial charge on any atom is 0.279 e. The normalized spacial score (nSPS) is 15.1. The quantitative estimate of drug-likeness (QED) is 0.469. The van der Waals surface area contributed by atoms with Crippen molar-refractivity contribution in [1.29, 1.82) is 0 Å². The predicted molar refractivity (Wildman–Crippen MR) is 136 cm³/mol. The number of rotatable bonds is 6. The van der Waals surface area contributed by atoms with Crippen LogP contribution in [0.4, 0.5) is 0 Å². The van der Waals surface area contributed by atoms with Crippen LogP contribution >= 0.6 is 0 Å². The summed E-state index contributed by atoms with van der Waals surface area (Å²) in [5.41, 5.74) is 2.76. The van der Waals surface area contributed by atoms with E-state index in [0.29, 0.717) is 36.2 Å². The lowest BCUT2D eigenvalue weighted by molar-refractivity contribution is 0.0332. The van der Waals surface area contributed by atoms with Crippen molar-refractivity contribution in [2.75, 3.05) is 32.8 Å². The van der Waals surface area contributed by atoms with Gasteiger partial charge in [-0.25, -0.2) is 0 Å². The number of carbonyl (C=O) groups excluding carboxylic acids is 1. The Kier molecular flexibility index (Phi) is 6.70. The van der Waals surface area contributed by atoms with Gasteiger partial charge in [0, 0.05) is 25.0 Å². The average Bonchev–Trinajstić information content (AvgIpc) is 2.90. The average molecular weight is 469 g/mol. The monoisotopic (exact) mass is 468 g/mol. The second-order valence-corrected chi connectivity index (χ2v) is 8.80. The van der Waals surface area contributed by atoms with Gasteiger partial charge in [0.05, 0.1) is 30.3 Å². The van der Waals surface area contributed by atoms with Crippen LogP contribution in [0.25, 0.3) is 16.5 Å². The third-order valence-corrected chi connectivity index (χ3v) is 6.35. The van der Waals surface area contributed by atoms with Gasteiger partial charge in [-0.3, -0.25) is 14.5 Å². The molecule has 0 radical (unpaired) electrons. The summed E-state index contributed by atoms with van der Waals surface area (Å²) in [6.07, 6.45) is 0. The highest BCUT2D eigenvalue weighted by atomic mass is 16.5. The highest BCUT2D eigenvalue weighted by Crippen LogP contribution is 2.20. The van der Waals surface area contributed by atoms with E-state index >= 15 is 0 Å². The van der Waals surface area contributed by atoms with Crippen molar-refractivity contribution >= 4 is 16.7 Å². The van der Waals surface area contributed by atoms with E-state index in [4.69, 9.17) is 4.74 Å². The van der Waals surface area contributed by atoms with Crippen LogP contribution in [-0.2, 0) is 4.74 Å². The van der Waals surface area contributed by atoms with E-state index in [2.05, 4.69) is 39.6 Å². The Bertz CT molecular complexity index is 1380. The van der Waals surface area contributed by atoms with Gasteiger partial charge < -0.3 is 10.1 Å². The molecule has 7 heteroatoms. The van der Waals surface area contributed by atoms with E-state index in [1.807, 2.05) is 31.2 Å². The second-order valence-electron chi connectivity index (χ2n) is 8.80. The number of aryl methyl sites for hydroxylation is 1. The van der Waals surface area contributed by atoms with Gasteiger partial charge in [-0.15, -0.1) is 0 Å². The number of nitrogens with one attached hydrogen (secondary N) is 1. The van der Waals surface area contributed by atoms with Crippen LogP contribution in [0.2, 0.25) is 0 Å². The molecule has 0 saturated carbocycles. The highest BCUT2D eigenvalue weighted by molar-refractivity contribution is 6.05. The molecular formula is C28H28N4O3. The number of carbonyl (C=O) groups is 1. The molecule has 0 unspecified atom stereocenters. The van der Waals surface area contributed by atoms with Crippen molar-refractivity contribution in [1.82, 2.24) is 20.0 Å². The van der Waals surface area contributed by atoms with E-state index in [-0.39, 0.29) is 23.2 Å². The third-order valence-electron chi connectivity index (χ3n) is 6.35. The van der Waals surface area contributed by atoms with E-state index in [1.165, 1.54) is 4.68 Å². The van der Waals surface area contributed by atoms with Gasteiger partial charge in [0.25, 0.3) is 11.5 Å². The van der Waals surface area contributed by atoms with Crippen LogP contribution in [0.1, 0.15) is 27.7 Å². The summed E-state index contributed by atoms with van der Waals surface area (Å²) >= 11 is 0. The molecule has 0 spiro atoms. The SMILES string of the molecule is Cc1ccc([C@H](CN2CCOCC2)NC(=O)c2nn(-c3ccccc3)c(=O)c3ccccc23)cc1. The molecule has 35 heavy (non-hydrogen) atoms. The van der Waals surface area contributed by atoms with Crippen LogP contribution in [0, 0.1) is 6.92 Å². The van der Waals surface area contributed by atoms with Crippen molar-refractivity contribution in [2.24, 2.45) is 0 Å². The smallest absolute Gasteiger partial charge is 0.279 e. The number of morpholine rings is 1. The van der Waals surface area contributed by atoms with E-state index in [0.717, 1.165) is 24.2 Å². The highest BCUT2D eigenvalue weighted by Gasteiger charge is 2.24. The first kappa shape index (κ1) is 23.0. The number of aromatic nitrogens is 2. The largest absolute Gasteiger partial charge is 0.379 e. The Morgan fingerprint density at radius 1 is 0.943 bits per heavy atom. The molecule has 1 atom stereocenters. The number of nitrogens with zero attached hydrogens (tertiary/aromatic N) is 3. The van der Waals surface area contributed by atoms with E-state index in [9.17, 15) is 9.59 Å². The lowest BCUT2D eigenvalue weighted by Gasteiger charge is -2.31. The van der Waals surface area contributed by atoms with Gasteiger partial charge in [-0.2, -0.15) is 9.78 Å². The number of hydrogen-bond acceptors (Lipinski definition) is 5. The van der Waals surface area contributed by atoms with Gasteiger partial charge >= 0.3 is 0 Å².